The number of hydrogen-bond donors (Lipinski definition) is 1. The first-order valence-electron chi connectivity index (χ1n) is 7.66. The molecule has 0 unspecified atom stereocenters. The number of hydrogen-bond acceptors (Lipinski definition) is 6. The van der Waals surface area contributed by atoms with Crippen molar-refractivity contribution in [1.82, 2.24) is 15.2 Å². The van der Waals surface area contributed by atoms with E-state index < -0.39 is 5.97 Å². The van der Waals surface area contributed by atoms with E-state index >= 15 is 0 Å². The zero-order chi connectivity index (χ0) is 17.9. The Morgan fingerprint density at radius 3 is 2.81 bits per heavy atom. The Hall–Kier alpha value is -3.32. The number of ether oxygens (including phenoxy) is 1. The van der Waals surface area contributed by atoms with Crippen LogP contribution < -0.4 is 0 Å². The van der Waals surface area contributed by atoms with Crippen LogP contribution in [-0.4, -0.2) is 21.2 Å². The van der Waals surface area contributed by atoms with E-state index in [1.165, 1.54) is 12.5 Å². The maximum absolute atomic E-state index is 12.1. The Morgan fingerprint density at radius 2 is 2.04 bits per heavy atom. The number of furan rings is 1. The number of aromatic amines is 1. The molecule has 0 saturated carbocycles. The summed E-state index contributed by atoms with van der Waals surface area (Å²) < 4.78 is 15.9. The maximum atomic E-state index is 12.1. The van der Waals surface area contributed by atoms with Crippen molar-refractivity contribution >= 4 is 17.6 Å². The number of nitrogens with one attached hydrogen (secondary N) is 1. The molecule has 1 N–H and O–H groups in total. The van der Waals surface area contributed by atoms with Crippen molar-refractivity contribution in [2.45, 2.75) is 6.61 Å². The fourth-order valence-corrected chi connectivity index (χ4v) is 2.42. The highest BCUT2D eigenvalue weighted by Gasteiger charge is 2.15. The molecule has 0 atom stereocenters. The first-order valence-corrected chi connectivity index (χ1v) is 8.03. The van der Waals surface area contributed by atoms with Crippen LogP contribution in [0.25, 0.3) is 22.9 Å². The second kappa shape index (κ2) is 6.89. The standard InChI is InChI=1S/C18H12ClN3O4/c19-12-5-3-11(4-6-12)17-20-13(9-25-17)10-26-18(23)15-8-14(21-22-15)16-2-1-7-24-16/h1-9H,10H2,(H,21,22). The van der Waals surface area contributed by atoms with Crippen LogP contribution in [0.15, 0.2) is 63.8 Å². The van der Waals surface area contributed by atoms with Crippen LogP contribution in [0.3, 0.4) is 0 Å². The molecule has 3 heterocycles. The van der Waals surface area contributed by atoms with Gasteiger partial charge >= 0.3 is 5.97 Å². The largest absolute Gasteiger partial charge is 0.463 e. The van der Waals surface area contributed by atoms with E-state index in [9.17, 15) is 4.79 Å². The van der Waals surface area contributed by atoms with Gasteiger partial charge in [-0.05, 0) is 36.4 Å². The number of rotatable bonds is 5. The van der Waals surface area contributed by atoms with Gasteiger partial charge in [-0.15, -0.1) is 0 Å². The Labute approximate surface area is 152 Å². The fraction of sp³-hybridized carbons (Fsp3) is 0.0556. The van der Waals surface area contributed by atoms with Gasteiger partial charge in [-0.25, -0.2) is 9.78 Å². The highest BCUT2D eigenvalue weighted by atomic mass is 35.5. The van der Waals surface area contributed by atoms with Crippen LogP contribution in [0, 0.1) is 0 Å². The zero-order valence-corrected chi connectivity index (χ0v) is 14.1. The van der Waals surface area contributed by atoms with Gasteiger partial charge in [0, 0.05) is 16.7 Å². The third kappa shape index (κ3) is 3.38. The lowest BCUT2D eigenvalue weighted by Gasteiger charge is -1.99. The van der Waals surface area contributed by atoms with E-state index in [1.54, 1.807) is 42.5 Å². The monoisotopic (exact) mass is 369 g/mol. The van der Waals surface area contributed by atoms with Crippen molar-refractivity contribution in [1.29, 1.82) is 0 Å². The number of carbonyl (C=O) groups is 1. The number of nitrogens with zero attached hydrogens (tertiary/aromatic N) is 2. The molecule has 0 saturated heterocycles. The molecule has 26 heavy (non-hydrogen) atoms. The Balaban J connectivity index is 1.40. The number of oxazole rings is 1. The van der Waals surface area contributed by atoms with E-state index in [1.807, 2.05) is 0 Å². The number of halogens is 1. The third-order valence-electron chi connectivity index (χ3n) is 3.57. The average Bonchev–Trinajstić information content (AvgIpc) is 3.41. The summed E-state index contributed by atoms with van der Waals surface area (Å²) in [6, 6.07) is 12.1. The van der Waals surface area contributed by atoms with E-state index in [-0.39, 0.29) is 12.3 Å². The zero-order valence-electron chi connectivity index (χ0n) is 13.3. The molecule has 130 valence electrons. The number of aromatic nitrogens is 3. The van der Waals surface area contributed by atoms with Crippen LogP contribution in [0.5, 0.6) is 0 Å². The highest BCUT2D eigenvalue weighted by molar-refractivity contribution is 6.30. The van der Waals surface area contributed by atoms with Crippen molar-refractivity contribution in [3.05, 3.63) is 71.4 Å². The van der Waals surface area contributed by atoms with Crippen molar-refractivity contribution in [3.63, 3.8) is 0 Å². The lowest BCUT2D eigenvalue weighted by atomic mass is 10.2. The second-order valence-corrected chi connectivity index (χ2v) is 5.81. The SMILES string of the molecule is O=C(OCc1coc(-c2ccc(Cl)cc2)n1)c1cc(-c2ccco2)n[nH]1. The van der Waals surface area contributed by atoms with Gasteiger partial charge in [-0.3, -0.25) is 5.10 Å². The van der Waals surface area contributed by atoms with Crippen LogP contribution in [-0.2, 0) is 11.3 Å². The van der Waals surface area contributed by atoms with Gasteiger partial charge in [0.1, 0.15) is 30.0 Å². The lowest BCUT2D eigenvalue weighted by molar-refractivity contribution is 0.0460. The van der Waals surface area contributed by atoms with Crippen LogP contribution in [0.1, 0.15) is 16.2 Å². The van der Waals surface area contributed by atoms with Crippen molar-refractivity contribution in [2.75, 3.05) is 0 Å². The molecule has 0 aliphatic rings. The molecule has 8 heteroatoms. The summed E-state index contributed by atoms with van der Waals surface area (Å²) in [5, 5.41) is 7.27. The van der Waals surface area contributed by atoms with Gasteiger partial charge in [0.25, 0.3) is 0 Å². The smallest absolute Gasteiger partial charge is 0.356 e. The van der Waals surface area contributed by atoms with Gasteiger partial charge in [0.2, 0.25) is 5.89 Å². The topological polar surface area (TPSA) is 94.2 Å². The van der Waals surface area contributed by atoms with Gasteiger partial charge in [-0.1, -0.05) is 11.6 Å². The predicted octanol–water partition coefficient (Wildman–Crippen LogP) is 4.34. The van der Waals surface area contributed by atoms with Gasteiger partial charge in [0.05, 0.1) is 6.26 Å². The number of benzene rings is 1. The van der Waals surface area contributed by atoms with Crippen molar-refractivity contribution in [3.8, 4) is 22.9 Å². The molecule has 0 aliphatic heterocycles. The van der Waals surface area contributed by atoms with E-state index in [2.05, 4.69) is 15.2 Å². The summed E-state index contributed by atoms with van der Waals surface area (Å²) in [4.78, 5) is 16.4. The summed E-state index contributed by atoms with van der Waals surface area (Å²) in [7, 11) is 0. The molecule has 0 fully saturated rings. The summed E-state index contributed by atoms with van der Waals surface area (Å²) in [6.07, 6.45) is 2.98. The van der Waals surface area contributed by atoms with Crippen LogP contribution >= 0.6 is 11.6 Å². The first-order chi connectivity index (χ1) is 12.7. The molecule has 4 rings (SSSR count). The molecule has 3 aromatic heterocycles. The fourth-order valence-electron chi connectivity index (χ4n) is 2.29. The number of esters is 1. The third-order valence-corrected chi connectivity index (χ3v) is 3.82. The Bertz CT molecular complexity index is 1020. The molecule has 0 spiro atoms. The minimum Gasteiger partial charge on any atom is -0.463 e. The van der Waals surface area contributed by atoms with Crippen molar-refractivity contribution < 1.29 is 18.4 Å². The molecule has 0 radical (unpaired) electrons. The van der Waals surface area contributed by atoms with E-state index in [0.29, 0.717) is 28.1 Å². The Kier molecular flexibility index (Phi) is 4.28. The molecule has 1 aromatic carbocycles. The minimum absolute atomic E-state index is 0.0228. The normalized spacial score (nSPS) is 10.8. The summed E-state index contributed by atoms with van der Waals surface area (Å²) >= 11 is 5.86. The maximum Gasteiger partial charge on any atom is 0.356 e. The Morgan fingerprint density at radius 1 is 1.19 bits per heavy atom. The van der Waals surface area contributed by atoms with Crippen LogP contribution in [0.2, 0.25) is 5.02 Å². The summed E-state index contributed by atoms with van der Waals surface area (Å²) in [5.74, 6) is 0.435. The summed E-state index contributed by atoms with van der Waals surface area (Å²) in [6.45, 7) is -0.0228. The minimum atomic E-state index is -0.550. The van der Waals surface area contributed by atoms with E-state index in [0.717, 1.165) is 5.56 Å². The highest BCUT2D eigenvalue weighted by Crippen LogP contribution is 2.22. The second-order valence-electron chi connectivity index (χ2n) is 5.37. The molecular formula is C18H12ClN3O4. The first kappa shape index (κ1) is 16.2. The number of H-pyrrole nitrogens is 1. The molecule has 4 aromatic rings. The molecular weight excluding hydrogens is 358 g/mol. The molecule has 0 amide bonds. The van der Waals surface area contributed by atoms with Gasteiger partial charge in [-0.2, -0.15) is 5.10 Å². The lowest BCUT2D eigenvalue weighted by Crippen LogP contribution is -2.05. The molecule has 0 bridgehead atoms. The van der Waals surface area contributed by atoms with Gasteiger partial charge < -0.3 is 13.6 Å². The average molecular weight is 370 g/mol. The van der Waals surface area contributed by atoms with Crippen LogP contribution in [0.4, 0.5) is 0 Å². The van der Waals surface area contributed by atoms with E-state index in [4.69, 9.17) is 25.2 Å². The molecule has 0 aliphatic carbocycles. The number of carbonyl (C=O) groups excluding carboxylic acids is 1. The van der Waals surface area contributed by atoms with Gasteiger partial charge in [0.15, 0.2) is 5.76 Å². The quantitative estimate of drug-likeness (QED) is 0.526. The summed E-state index contributed by atoms with van der Waals surface area (Å²) in [5.41, 5.74) is 2.02. The predicted molar refractivity (Wildman–Crippen MR) is 92.4 cm³/mol. The molecule has 7 nitrogen and oxygen atoms in total. The van der Waals surface area contributed by atoms with Crippen molar-refractivity contribution in [2.24, 2.45) is 0 Å².